The summed E-state index contributed by atoms with van der Waals surface area (Å²) in [5.41, 5.74) is 7.56. The van der Waals surface area contributed by atoms with E-state index in [0.717, 1.165) is 5.39 Å². The number of rotatable bonds is 1. The van der Waals surface area contributed by atoms with Crippen molar-refractivity contribution in [3.8, 4) is 11.6 Å². The summed E-state index contributed by atoms with van der Waals surface area (Å²) in [6.45, 7) is 0. The van der Waals surface area contributed by atoms with Gasteiger partial charge in [-0.25, -0.2) is 15.0 Å². The average molecular weight is 286 g/mol. The zero-order valence-corrected chi connectivity index (χ0v) is 10.8. The summed E-state index contributed by atoms with van der Waals surface area (Å²) < 4.78 is 5.74. The molecule has 0 saturated heterocycles. The van der Waals surface area contributed by atoms with Crippen molar-refractivity contribution in [3.05, 3.63) is 35.6 Å². The maximum Gasteiger partial charge on any atom is 0.183 e. The van der Waals surface area contributed by atoms with Crippen molar-refractivity contribution in [1.82, 2.24) is 19.9 Å². The van der Waals surface area contributed by atoms with Gasteiger partial charge in [0.25, 0.3) is 0 Å². The zero-order valence-electron chi connectivity index (χ0n) is 10.1. The molecule has 4 aromatic rings. The topological polar surface area (TPSA) is 93.6 Å². The van der Waals surface area contributed by atoms with Crippen LogP contribution in [0.25, 0.3) is 33.7 Å². The van der Waals surface area contributed by atoms with Crippen molar-refractivity contribution in [3.63, 3.8) is 0 Å². The van der Waals surface area contributed by atoms with Crippen LogP contribution in [0.3, 0.4) is 0 Å². The second kappa shape index (κ2) is 3.94. The van der Waals surface area contributed by atoms with Gasteiger partial charge >= 0.3 is 0 Å². The van der Waals surface area contributed by atoms with Crippen molar-refractivity contribution in [1.29, 1.82) is 0 Å². The molecule has 6 nitrogen and oxygen atoms in total. The Labute approximate surface area is 117 Å². The van der Waals surface area contributed by atoms with Crippen molar-refractivity contribution < 1.29 is 4.42 Å². The first-order valence-corrected chi connectivity index (χ1v) is 6.25. The van der Waals surface area contributed by atoms with Gasteiger partial charge in [-0.05, 0) is 18.2 Å². The normalized spacial score (nSPS) is 11.4. The zero-order chi connectivity index (χ0) is 13.7. The fourth-order valence-electron chi connectivity index (χ4n) is 2.11. The van der Waals surface area contributed by atoms with E-state index in [2.05, 4.69) is 19.9 Å². The lowest BCUT2D eigenvalue weighted by atomic mass is 10.2. The SMILES string of the molecule is Nc1ncnc2nc(-c3cc4c(Cl)cccc4o3)[nH]c12. The van der Waals surface area contributed by atoms with Crippen LogP contribution in [0, 0.1) is 0 Å². The molecule has 98 valence electrons. The molecule has 4 rings (SSSR count). The Balaban J connectivity index is 1.96. The number of nitrogens with one attached hydrogen (secondary N) is 1. The molecule has 20 heavy (non-hydrogen) atoms. The number of fused-ring (bicyclic) bond motifs is 2. The monoisotopic (exact) mass is 285 g/mol. The Morgan fingerprint density at radius 1 is 1.25 bits per heavy atom. The molecule has 3 N–H and O–H groups in total. The number of H-pyrrole nitrogens is 1. The number of benzene rings is 1. The molecule has 0 unspecified atom stereocenters. The van der Waals surface area contributed by atoms with Crippen LogP contribution in [-0.4, -0.2) is 19.9 Å². The van der Waals surface area contributed by atoms with Gasteiger partial charge in [0.05, 0.1) is 5.02 Å². The lowest BCUT2D eigenvalue weighted by Crippen LogP contribution is -1.91. The summed E-state index contributed by atoms with van der Waals surface area (Å²) in [5.74, 6) is 1.47. The van der Waals surface area contributed by atoms with Crippen LogP contribution in [0.1, 0.15) is 0 Å². The fourth-order valence-corrected chi connectivity index (χ4v) is 2.33. The maximum absolute atomic E-state index is 6.13. The molecule has 0 bridgehead atoms. The van der Waals surface area contributed by atoms with Crippen LogP contribution in [0.5, 0.6) is 0 Å². The second-order valence-electron chi connectivity index (χ2n) is 4.31. The number of nitrogen functional groups attached to an aromatic ring is 1. The minimum absolute atomic E-state index is 0.350. The van der Waals surface area contributed by atoms with E-state index in [9.17, 15) is 0 Å². The molecule has 3 aromatic heterocycles. The van der Waals surface area contributed by atoms with Gasteiger partial charge in [-0.1, -0.05) is 17.7 Å². The number of hydrogen-bond acceptors (Lipinski definition) is 5. The first kappa shape index (κ1) is 11.2. The number of aromatic amines is 1. The Morgan fingerprint density at radius 2 is 2.15 bits per heavy atom. The minimum Gasteiger partial charge on any atom is -0.453 e. The summed E-state index contributed by atoms with van der Waals surface area (Å²) in [4.78, 5) is 15.4. The first-order valence-electron chi connectivity index (χ1n) is 5.87. The van der Waals surface area contributed by atoms with Gasteiger partial charge in [0.2, 0.25) is 0 Å². The highest BCUT2D eigenvalue weighted by molar-refractivity contribution is 6.35. The van der Waals surface area contributed by atoms with E-state index in [0.29, 0.717) is 39.2 Å². The van der Waals surface area contributed by atoms with E-state index in [1.165, 1.54) is 6.33 Å². The predicted molar refractivity (Wildman–Crippen MR) is 76.3 cm³/mol. The number of imidazole rings is 1. The lowest BCUT2D eigenvalue weighted by molar-refractivity contribution is 0.626. The van der Waals surface area contributed by atoms with Crippen LogP contribution >= 0.6 is 11.6 Å². The lowest BCUT2D eigenvalue weighted by Gasteiger charge is -1.90. The number of aromatic nitrogens is 4. The van der Waals surface area contributed by atoms with E-state index in [-0.39, 0.29) is 0 Å². The maximum atomic E-state index is 6.13. The fraction of sp³-hybridized carbons (Fsp3) is 0. The quantitative estimate of drug-likeness (QED) is 0.561. The average Bonchev–Trinajstić information content (AvgIpc) is 3.03. The minimum atomic E-state index is 0.350. The molecule has 0 amide bonds. The van der Waals surface area contributed by atoms with Crippen LogP contribution in [-0.2, 0) is 0 Å². The number of nitrogens with two attached hydrogens (primary N) is 1. The predicted octanol–water partition coefficient (Wildman–Crippen LogP) is 3.00. The molecular formula is C13H8ClN5O. The second-order valence-corrected chi connectivity index (χ2v) is 4.71. The van der Waals surface area contributed by atoms with E-state index in [1.54, 1.807) is 0 Å². The van der Waals surface area contributed by atoms with Gasteiger partial charge in [-0.2, -0.15) is 0 Å². The molecular weight excluding hydrogens is 278 g/mol. The van der Waals surface area contributed by atoms with Crippen molar-refractivity contribution >= 4 is 39.6 Å². The number of anilines is 1. The molecule has 0 aliphatic heterocycles. The number of hydrogen-bond donors (Lipinski definition) is 2. The van der Waals surface area contributed by atoms with Crippen LogP contribution in [0.2, 0.25) is 5.02 Å². The van der Waals surface area contributed by atoms with Crippen molar-refractivity contribution in [2.24, 2.45) is 0 Å². The Bertz CT molecular complexity index is 864. The van der Waals surface area contributed by atoms with Gasteiger partial charge in [0, 0.05) is 5.39 Å². The van der Waals surface area contributed by atoms with E-state index < -0.39 is 0 Å². The van der Waals surface area contributed by atoms with Crippen LogP contribution in [0.15, 0.2) is 35.0 Å². The Kier molecular flexibility index (Phi) is 2.22. The molecule has 0 spiro atoms. The third kappa shape index (κ3) is 1.55. The largest absolute Gasteiger partial charge is 0.453 e. The third-order valence-electron chi connectivity index (χ3n) is 3.06. The summed E-state index contributed by atoms with van der Waals surface area (Å²) in [5, 5.41) is 1.47. The number of furan rings is 1. The molecule has 0 aliphatic carbocycles. The van der Waals surface area contributed by atoms with E-state index in [4.69, 9.17) is 21.8 Å². The molecule has 3 heterocycles. The highest BCUT2D eigenvalue weighted by atomic mass is 35.5. The van der Waals surface area contributed by atoms with Crippen LogP contribution in [0.4, 0.5) is 5.82 Å². The molecule has 0 radical (unpaired) electrons. The van der Waals surface area contributed by atoms with Crippen molar-refractivity contribution in [2.75, 3.05) is 5.73 Å². The highest BCUT2D eigenvalue weighted by Crippen LogP contribution is 2.31. The van der Waals surface area contributed by atoms with Crippen LogP contribution < -0.4 is 5.73 Å². The van der Waals surface area contributed by atoms with Gasteiger partial charge in [0.15, 0.2) is 23.0 Å². The van der Waals surface area contributed by atoms with Gasteiger partial charge in [-0.15, -0.1) is 0 Å². The van der Waals surface area contributed by atoms with Crippen molar-refractivity contribution in [2.45, 2.75) is 0 Å². The smallest absolute Gasteiger partial charge is 0.183 e. The summed E-state index contributed by atoms with van der Waals surface area (Å²) >= 11 is 6.13. The standard InChI is InChI=1S/C13H8ClN5O/c14-7-2-1-3-8-6(7)4-9(20-8)12-18-10-11(15)16-5-17-13(10)19-12/h1-5H,(H3,15,16,17,18,19). The Hall–Kier alpha value is -2.60. The number of nitrogens with zero attached hydrogens (tertiary/aromatic N) is 3. The summed E-state index contributed by atoms with van der Waals surface area (Å²) in [6, 6.07) is 7.33. The first-order chi connectivity index (χ1) is 9.72. The van der Waals surface area contributed by atoms with E-state index in [1.807, 2.05) is 24.3 Å². The highest BCUT2D eigenvalue weighted by Gasteiger charge is 2.14. The van der Waals surface area contributed by atoms with Gasteiger partial charge < -0.3 is 15.1 Å². The van der Waals surface area contributed by atoms with Gasteiger partial charge in [0.1, 0.15) is 17.4 Å². The Morgan fingerprint density at radius 3 is 2.95 bits per heavy atom. The third-order valence-corrected chi connectivity index (χ3v) is 3.39. The number of halogens is 1. The summed E-state index contributed by atoms with van der Waals surface area (Å²) in [6.07, 6.45) is 1.37. The molecule has 1 aromatic carbocycles. The van der Waals surface area contributed by atoms with Gasteiger partial charge in [-0.3, -0.25) is 0 Å². The molecule has 0 fully saturated rings. The molecule has 0 aliphatic rings. The molecule has 0 saturated carbocycles. The molecule has 7 heteroatoms. The van der Waals surface area contributed by atoms with E-state index >= 15 is 0 Å². The molecule has 0 atom stereocenters. The summed E-state index contributed by atoms with van der Waals surface area (Å²) in [7, 11) is 0.